The fraction of sp³-hybridized carbons (Fsp3) is 0.632. The van der Waals surface area contributed by atoms with Crippen molar-refractivity contribution < 1.29 is 4.79 Å². The summed E-state index contributed by atoms with van der Waals surface area (Å²) in [6, 6.07) is 0. The zero-order chi connectivity index (χ0) is 17.4. The van der Waals surface area contributed by atoms with Gasteiger partial charge in [0.15, 0.2) is 0 Å². The minimum atomic E-state index is 0.254. The van der Waals surface area contributed by atoms with Crippen molar-refractivity contribution in [2.45, 2.75) is 63.3 Å². The van der Waals surface area contributed by atoms with Crippen molar-refractivity contribution >= 4 is 39.2 Å². The largest absolute Gasteiger partial charge is 0.342 e. The highest BCUT2D eigenvalue weighted by Crippen LogP contribution is 2.40. The van der Waals surface area contributed by atoms with Gasteiger partial charge in [-0.3, -0.25) is 4.79 Å². The van der Waals surface area contributed by atoms with Crippen molar-refractivity contribution in [3.63, 3.8) is 0 Å². The summed E-state index contributed by atoms with van der Waals surface area (Å²) in [5.74, 6) is 1.96. The van der Waals surface area contributed by atoms with Gasteiger partial charge in [0.2, 0.25) is 5.91 Å². The zero-order valence-corrected chi connectivity index (χ0v) is 16.6. The maximum Gasteiger partial charge on any atom is 0.232 e. The van der Waals surface area contributed by atoms with Crippen LogP contribution in [0.1, 0.15) is 61.7 Å². The van der Waals surface area contributed by atoms with Crippen LogP contribution in [0.25, 0.3) is 10.2 Å². The summed E-state index contributed by atoms with van der Waals surface area (Å²) in [7, 11) is 0. The molecular formula is C19H25N3OS2. The summed E-state index contributed by atoms with van der Waals surface area (Å²) in [5.41, 5.74) is 1.46. The molecule has 2 aliphatic rings. The lowest BCUT2D eigenvalue weighted by molar-refractivity contribution is -0.127. The highest BCUT2D eigenvalue weighted by atomic mass is 32.2. The second kappa shape index (κ2) is 7.23. The van der Waals surface area contributed by atoms with Crippen LogP contribution in [0.15, 0.2) is 5.03 Å². The summed E-state index contributed by atoms with van der Waals surface area (Å²) >= 11 is 3.46. The van der Waals surface area contributed by atoms with E-state index in [9.17, 15) is 4.79 Å². The molecule has 0 radical (unpaired) electrons. The van der Waals surface area contributed by atoms with E-state index in [4.69, 9.17) is 9.97 Å². The molecule has 0 unspecified atom stereocenters. The van der Waals surface area contributed by atoms with Crippen LogP contribution in [-0.4, -0.2) is 39.6 Å². The molecule has 2 aromatic rings. The van der Waals surface area contributed by atoms with Crippen molar-refractivity contribution in [1.29, 1.82) is 0 Å². The van der Waals surface area contributed by atoms with Crippen LogP contribution in [0.5, 0.6) is 0 Å². The fourth-order valence-electron chi connectivity index (χ4n) is 3.69. The fourth-order valence-corrected chi connectivity index (χ4v) is 5.99. The first kappa shape index (κ1) is 17.3. The summed E-state index contributed by atoms with van der Waals surface area (Å²) < 4.78 is 0. The number of carbonyl (C=O) groups is 1. The number of hydrogen-bond donors (Lipinski definition) is 0. The van der Waals surface area contributed by atoms with Gasteiger partial charge in [0.25, 0.3) is 0 Å². The second-order valence-electron chi connectivity index (χ2n) is 7.31. The Morgan fingerprint density at radius 3 is 2.68 bits per heavy atom. The van der Waals surface area contributed by atoms with Gasteiger partial charge in [-0.15, -0.1) is 11.3 Å². The number of rotatable bonds is 4. The standard InChI is InChI=1S/C19H25N3OS2/c1-12(2)17-20-18(24-11-15(23)22-9-5-6-10-22)16-13-7-3-4-8-14(13)25-19(16)21-17/h12H,3-11H2,1-2H3. The van der Waals surface area contributed by atoms with Crippen molar-refractivity contribution in [2.75, 3.05) is 18.8 Å². The van der Waals surface area contributed by atoms with Gasteiger partial charge in [0, 0.05) is 29.3 Å². The molecule has 1 aliphatic carbocycles. The van der Waals surface area contributed by atoms with Crippen molar-refractivity contribution in [3.05, 3.63) is 16.3 Å². The highest BCUT2D eigenvalue weighted by molar-refractivity contribution is 8.00. The van der Waals surface area contributed by atoms with Gasteiger partial charge in [-0.2, -0.15) is 0 Å². The molecule has 0 atom stereocenters. The van der Waals surface area contributed by atoms with Gasteiger partial charge in [0.1, 0.15) is 15.7 Å². The first-order valence-electron chi connectivity index (χ1n) is 9.36. The molecule has 4 nitrogen and oxygen atoms in total. The second-order valence-corrected chi connectivity index (χ2v) is 9.36. The summed E-state index contributed by atoms with van der Waals surface area (Å²) in [4.78, 5) is 26.8. The van der Waals surface area contributed by atoms with E-state index in [1.54, 1.807) is 11.8 Å². The third kappa shape index (κ3) is 3.43. The summed E-state index contributed by atoms with van der Waals surface area (Å²) in [6.07, 6.45) is 7.12. The molecule has 1 amide bonds. The molecule has 3 heterocycles. The lowest BCUT2D eigenvalue weighted by Crippen LogP contribution is -2.29. The Kier molecular flexibility index (Phi) is 5.00. The molecule has 25 heavy (non-hydrogen) atoms. The number of carbonyl (C=O) groups excluding carboxylic acids is 1. The van der Waals surface area contributed by atoms with E-state index in [0.717, 1.165) is 48.0 Å². The van der Waals surface area contributed by atoms with Gasteiger partial charge in [-0.25, -0.2) is 9.97 Å². The topological polar surface area (TPSA) is 46.1 Å². The van der Waals surface area contributed by atoms with Gasteiger partial charge in [-0.05, 0) is 44.1 Å². The molecule has 0 aromatic carbocycles. The smallest absolute Gasteiger partial charge is 0.232 e. The average molecular weight is 376 g/mol. The highest BCUT2D eigenvalue weighted by Gasteiger charge is 2.23. The van der Waals surface area contributed by atoms with Crippen molar-refractivity contribution in [3.8, 4) is 0 Å². The Morgan fingerprint density at radius 2 is 1.92 bits per heavy atom. The minimum Gasteiger partial charge on any atom is -0.342 e. The maximum absolute atomic E-state index is 12.5. The summed E-state index contributed by atoms with van der Waals surface area (Å²) in [6.45, 7) is 6.12. The van der Waals surface area contributed by atoms with Gasteiger partial charge >= 0.3 is 0 Å². The Labute approximate surface area is 157 Å². The predicted molar refractivity (Wildman–Crippen MR) is 105 cm³/mol. The van der Waals surface area contributed by atoms with Gasteiger partial charge in [-0.1, -0.05) is 25.6 Å². The Morgan fingerprint density at radius 1 is 1.16 bits per heavy atom. The van der Waals surface area contributed by atoms with Gasteiger partial charge < -0.3 is 4.90 Å². The normalized spacial score (nSPS) is 17.5. The van der Waals surface area contributed by atoms with E-state index in [1.807, 2.05) is 16.2 Å². The van der Waals surface area contributed by atoms with Crippen LogP contribution in [0.4, 0.5) is 0 Å². The predicted octanol–water partition coefficient (Wildman–Crippen LogP) is 4.41. The number of likely N-dealkylation sites (tertiary alicyclic amines) is 1. The number of thioether (sulfide) groups is 1. The van der Waals surface area contributed by atoms with Crippen LogP contribution < -0.4 is 0 Å². The molecule has 2 aromatic heterocycles. The van der Waals surface area contributed by atoms with Crippen LogP contribution >= 0.6 is 23.1 Å². The molecule has 6 heteroatoms. The van der Waals surface area contributed by atoms with Gasteiger partial charge in [0.05, 0.1) is 5.75 Å². The molecule has 1 fully saturated rings. The third-order valence-corrected chi connectivity index (χ3v) is 7.25. The lowest BCUT2D eigenvalue weighted by atomic mass is 9.97. The SMILES string of the molecule is CC(C)c1nc(SCC(=O)N2CCCC2)c2c3c(sc2n1)CCCC3. The minimum absolute atomic E-state index is 0.254. The molecule has 4 rings (SSSR count). The number of thiophene rings is 1. The van der Waals surface area contributed by atoms with E-state index in [2.05, 4.69) is 13.8 Å². The Hall–Kier alpha value is -1.14. The Bertz CT molecular complexity index is 794. The van der Waals surface area contributed by atoms with Crippen LogP contribution in [-0.2, 0) is 17.6 Å². The number of fused-ring (bicyclic) bond motifs is 3. The lowest BCUT2D eigenvalue weighted by Gasteiger charge is -2.16. The van der Waals surface area contributed by atoms with Crippen LogP contribution in [0.2, 0.25) is 0 Å². The first-order valence-corrected chi connectivity index (χ1v) is 11.2. The number of amides is 1. The molecule has 0 N–H and O–H groups in total. The average Bonchev–Trinajstić information content (AvgIpc) is 3.26. The molecule has 1 saturated heterocycles. The van der Waals surface area contributed by atoms with E-state index < -0.39 is 0 Å². The van der Waals surface area contributed by atoms with Crippen molar-refractivity contribution in [2.24, 2.45) is 0 Å². The van der Waals surface area contributed by atoms with E-state index >= 15 is 0 Å². The molecule has 0 bridgehead atoms. The number of hydrogen-bond acceptors (Lipinski definition) is 5. The number of nitrogens with zero attached hydrogens (tertiary/aromatic N) is 3. The number of aryl methyl sites for hydroxylation is 2. The Balaban J connectivity index is 1.67. The van der Waals surface area contributed by atoms with Crippen molar-refractivity contribution in [1.82, 2.24) is 14.9 Å². The summed E-state index contributed by atoms with van der Waals surface area (Å²) in [5, 5.41) is 2.27. The zero-order valence-electron chi connectivity index (χ0n) is 15.0. The van der Waals surface area contributed by atoms with Crippen LogP contribution in [0, 0.1) is 0 Å². The van der Waals surface area contributed by atoms with Crippen LogP contribution in [0.3, 0.4) is 0 Å². The first-order chi connectivity index (χ1) is 12.1. The van der Waals surface area contributed by atoms with E-state index in [-0.39, 0.29) is 5.91 Å². The number of aromatic nitrogens is 2. The van der Waals surface area contributed by atoms with E-state index in [1.165, 1.54) is 35.1 Å². The maximum atomic E-state index is 12.5. The monoisotopic (exact) mass is 375 g/mol. The third-order valence-electron chi connectivity index (χ3n) is 5.11. The van der Waals surface area contributed by atoms with E-state index in [0.29, 0.717) is 11.7 Å². The molecule has 1 aliphatic heterocycles. The molecule has 134 valence electrons. The molecule has 0 spiro atoms. The quantitative estimate of drug-likeness (QED) is 0.587. The molecular weight excluding hydrogens is 350 g/mol. The molecule has 0 saturated carbocycles.